The van der Waals surface area contributed by atoms with E-state index in [-0.39, 0.29) is 18.6 Å². The number of fused-ring (bicyclic) bond motifs is 1. The van der Waals surface area contributed by atoms with E-state index >= 15 is 0 Å². The summed E-state index contributed by atoms with van der Waals surface area (Å²) < 4.78 is 5.73. The van der Waals surface area contributed by atoms with Gasteiger partial charge in [0, 0.05) is 12.6 Å². The van der Waals surface area contributed by atoms with Gasteiger partial charge in [-0.2, -0.15) is 0 Å². The second-order valence-corrected chi connectivity index (χ2v) is 5.01. The number of hydrogen-bond donors (Lipinski definition) is 3. The standard InChI is InChI=1S/C15H22N2O3/c1-3-13-15(19)17-12-6-5-11(9-14(12)20-13)10(2)16-7-4-8-18/h5-6,9-10,13,16,18H,3-4,7-8H2,1-2H3,(H,17,19). The van der Waals surface area contributed by atoms with Crippen LogP contribution in [0.3, 0.4) is 0 Å². The predicted molar refractivity (Wildman–Crippen MR) is 77.9 cm³/mol. The summed E-state index contributed by atoms with van der Waals surface area (Å²) in [4.78, 5) is 11.7. The Labute approximate surface area is 119 Å². The maximum atomic E-state index is 11.7. The van der Waals surface area contributed by atoms with Gasteiger partial charge in [0.15, 0.2) is 6.10 Å². The largest absolute Gasteiger partial charge is 0.478 e. The average Bonchev–Trinajstić information content (AvgIpc) is 2.46. The van der Waals surface area contributed by atoms with E-state index in [1.54, 1.807) is 0 Å². The van der Waals surface area contributed by atoms with Crippen LogP contribution in [0.25, 0.3) is 0 Å². The molecule has 0 saturated heterocycles. The number of hydrogen-bond acceptors (Lipinski definition) is 4. The van der Waals surface area contributed by atoms with Gasteiger partial charge in [0.05, 0.1) is 5.69 Å². The molecule has 0 bridgehead atoms. The predicted octanol–water partition coefficient (Wildman–Crippen LogP) is 1.83. The number of carbonyl (C=O) groups excluding carboxylic acids is 1. The zero-order chi connectivity index (χ0) is 14.5. The number of benzene rings is 1. The van der Waals surface area contributed by atoms with Crippen molar-refractivity contribution in [1.29, 1.82) is 0 Å². The van der Waals surface area contributed by atoms with Crippen LogP contribution in [-0.4, -0.2) is 30.3 Å². The van der Waals surface area contributed by atoms with Crippen molar-refractivity contribution in [1.82, 2.24) is 5.32 Å². The topological polar surface area (TPSA) is 70.6 Å². The molecular formula is C15H22N2O3. The minimum Gasteiger partial charge on any atom is -0.478 e. The fourth-order valence-electron chi connectivity index (χ4n) is 2.21. The van der Waals surface area contributed by atoms with E-state index in [1.807, 2.05) is 25.1 Å². The summed E-state index contributed by atoms with van der Waals surface area (Å²) in [5.74, 6) is 0.645. The highest BCUT2D eigenvalue weighted by molar-refractivity contribution is 5.97. The van der Waals surface area contributed by atoms with E-state index in [0.29, 0.717) is 6.42 Å². The Bertz CT molecular complexity index is 476. The van der Waals surface area contributed by atoms with Crippen LogP contribution in [0.4, 0.5) is 5.69 Å². The SMILES string of the molecule is CCC1Oc2cc(C(C)NCCCO)ccc2NC1=O. The van der Waals surface area contributed by atoms with Gasteiger partial charge in [0.2, 0.25) is 0 Å². The highest BCUT2D eigenvalue weighted by Crippen LogP contribution is 2.32. The van der Waals surface area contributed by atoms with Crippen LogP contribution in [-0.2, 0) is 4.79 Å². The lowest BCUT2D eigenvalue weighted by Crippen LogP contribution is -2.36. The molecule has 0 spiro atoms. The van der Waals surface area contributed by atoms with E-state index in [4.69, 9.17) is 9.84 Å². The number of carbonyl (C=O) groups is 1. The number of amides is 1. The first-order valence-electron chi connectivity index (χ1n) is 7.11. The number of nitrogens with one attached hydrogen (secondary N) is 2. The van der Waals surface area contributed by atoms with Crippen LogP contribution in [0.15, 0.2) is 18.2 Å². The van der Waals surface area contributed by atoms with Crippen molar-refractivity contribution in [2.24, 2.45) is 0 Å². The minimum atomic E-state index is -0.407. The zero-order valence-corrected chi connectivity index (χ0v) is 12.0. The summed E-state index contributed by atoms with van der Waals surface area (Å²) in [5.41, 5.74) is 1.83. The number of anilines is 1. The molecule has 0 aliphatic carbocycles. The third-order valence-electron chi connectivity index (χ3n) is 3.48. The van der Waals surface area contributed by atoms with E-state index < -0.39 is 6.10 Å². The van der Waals surface area contributed by atoms with Gasteiger partial charge in [0.25, 0.3) is 5.91 Å². The maximum absolute atomic E-state index is 11.7. The highest BCUT2D eigenvalue weighted by Gasteiger charge is 2.26. The number of aliphatic hydroxyl groups is 1. The molecule has 1 aromatic rings. The number of ether oxygens (including phenoxy) is 1. The molecule has 1 aliphatic rings. The van der Waals surface area contributed by atoms with E-state index in [2.05, 4.69) is 17.6 Å². The Morgan fingerprint density at radius 3 is 3.00 bits per heavy atom. The monoisotopic (exact) mass is 278 g/mol. The lowest BCUT2D eigenvalue weighted by Gasteiger charge is -2.26. The summed E-state index contributed by atoms with van der Waals surface area (Å²) in [6, 6.07) is 5.99. The molecule has 2 rings (SSSR count). The van der Waals surface area contributed by atoms with Gasteiger partial charge in [0.1, 0.15) is 5.75 Å². The van der Waals surface area contributed by atoms with Crippen molar-refractivity contribution >= 4 is 11.6 Å². The number of aliphatic hydroxyl groups excluding tert-OH is 1. The van der Waals surface area contributed by atoms with Crippen molar-refractivity contribution in [3.63, 3.8) is 0 Å². The first-order valence-corrected chi connectivity index (χ1v) is 7.11. The van der Waals surface area contributed by atoms with E-state index in [1.165, 1.54) is 0 Å². The molecule has 2 atom stereocenters. The smallest absolute Gasteiger partial charge is 0.265 e. The van der Waals surface area contributed by atoms with Crippen LogP contribution in [0.2, 0.25) is 0 Å². The van der Waals surface area contributed by atoms with Crippen molar-refractivity contribution in [3.05, 3.63) is 23.8 Å². The molecule has 20 heavy (non-hydrogen) atoms. The lowest BCUT2D eigenvalue weighted by atomic mass is 10.1. The molecule has 0 aromatic heterocycles. The van der Waals surface area contributed by atoms with Gasteiger partial charge in [-0.3, -0.25) is 4.79 Å². The Hall–Kier alpha value is -1.59. The third-order valence-corrected chi connectivity index (χ3v) is 3.48. The molecule has 0 saturated carbocycles. The first-order chi connectivity index (χ1) is 9.65. The van der Waals surface area contributed by atoms with Gasteiger partial charge >= 0.3 is 0 Å². The van der Waals surface area contributed by atoms with Gasteiger partial charge in [-0.15, -0.1) is 0 Å². The van der Waals surface area contributed by atoms with Gasteiger partial charge in [-0.25, -0.2) is 0 Å². The summed E-state index contributed by atoms with van der Waals surface area (Å²) in [6.07, 6.45) is 0.981. The van der Waals surface area contributed by atoms with E-state index in [9.17, 15) is 4.79 Å². The summed E-state index contributed by atoms with van der Waals surface area (Å²) in [7, 11) is 0. The number of rotatable bonds is 6. The Kier molecular flexibility index (Phi) is 4.98. The molecule has 1 amide bonds. The quantitative estimate of drug-likeness (QED) is 0.694. The summed E-state index contributed by atoms with van der Waals surface area (Å²) in [6.45, 7) is 4.96. The first kappa shape index (κ1) is 14.8. The molecule has 1 aromatic carbocycles. The lowest BCUT2D eigenvalue weighted by molar-refractivity contribution is -0.123. The van der Waals surface area contributed by atoms with Crippen molar-refractivity contribution in [2.75, 3.05) is 18.5 Å². The van der Waals surface area contributed by atoms with Crippen LogP contribution in [0, 0.1) is 0 Å². The summed E-state index contributed by atoms with van der Waals surface area (Å²) >= 11 is 0. The molecule has 0 radical (unpaired) electrons. The molecule has 2 unspecified atom stereocenters. The minimum absolute atomic E-state index is 0.0816. The van der Waals surface area contributed by atoms with Crippen LogP contribution in [0.5, 0.6) is 5.75 Å². The highest BCUT2D eigenvalue weighted by atomic mass is 16.5. The van der Waals surface area contributed by atoms with Gasteiger partial charge in [-0.1, -0.05) is 13.0 Å². The normalized spacial score (nSPS) is 18.9. The molecule has 3 N–H and O–H groups in total. The Balaban J connectivity index is 2.09. The van der Waals surface area contributed by atoms with Crippen molar-refractivity contribution < 1.29 is 14.6 Å². The molecule has 5 heteroatoms. The zero-order valence-electron chi connectivity index (χ0n) is 12.0. The molecule has 1 aliphatic heterocycles. The molecule has 110 valence electrons. The fourth-order valence-corrected chi connectivity index (χ4v) is 2.21. The molecule has 0 fully saturated rings. The second kappa shape index (κ2) is 6.72. The third kappa shape index (κ3) is 3.29. The fraction of sp³-hybridized carbons (Fsp3) is 0.533. The maximum Gasteiger partial charge on any atom is 0.265 e. The molecule has 1 heterocycles. The Morgan fingerprint density at radius 2 is 2.30 bits per heavy atom. The summed E-state index contributed by atoms with van der Waals surface area (Å²) in [5, 5.41) is 15.0. The van der Waals surface area contributed by atoms with Crippen LogP contribution in [0.1, 0.15) is 38.3 Å². The Morgan fingerprint density at radius 1 is 1.50 bits per heavy atom. The van der Waals surface area contributed by atoms with Gasteiger partial charge < -0.3 is 20.5 Å². The average molecular weight is 278 g/mol. The van der Waals surface area contributed by atoms with E-state index in [0.717, 1.165) is 30.0 Å². The molecule has 5 nitrogen and oxygen atoms in total. The van der Waals surface area contributed by atoms with Crippen LogP contribution >= 0.6 is 0 Å². The van der Waals surface area contributed by atoms with Crippen molar-refractivity contribution in [2.45, 2.75) is 38.8 Å². The van der Waals surface area contributed by atoms with Crippen LogP contribution < -0.4 is 15.4 Å². The van der Waals surface area contributed by atoms with Gasteiger partial charge in [-0.05, 0) is 44.0 Å². The second-order valence-electron chi connectivity index (χ2n) is 5.01. The van der Waals surface area contributed by atoms with Crippen molar-refractivity contribution in [3.8, 4) is 5.75 Å². The molecular weight excluding hydrogens is 256 g/mol.